The summed E-state index contributed by atoms with van der Waals surface area (Å²) in [6, 6.07) is 8.63. The number of hydrogen-bond donors (Lipinski definition) is 0. The third kappa shape index (κ3) is 4.32. The summed E-state index contributed by atoms with van der Waals surface area (Å²) < 4.78 is 28.9. The van der Waals surface area contributed by atoms with Gasteiger partial charge in [-0.3, -0.25) is 4.79 Å². The number of carbonyl (C=O) groups excluding carboxylic acids is 1. The lowest BCUT2D eigenvalue weighted by Gasteiger charge is -2.38. The van der Waals surface area contributed by atoms with Crippen molar-refractivity contribution in [3.8, 4) is 6.07 Å². The van der Waals surface area contributed by atoms with Crippen molar-refractivity contribution in [2.45, 2.75) is 38.1 Å². The van der Waals surface area contributed by atoms with Crippen LogP contribution in [0.5, 0.6) is 0 Å². The highest BCUT2D eigenvalue weighted by atomic mass is 32.2. The molecule has 1 amide bonds. The highest BCUT2D eigenvalue weighted by molar-refractivity contribution is 7.86. The first-order valence-electron chi connectivity index (χ1n) is 9.46. The maximum absolute atomic E-state index is 12.9. The highest BCUT2D eigenvalue weighted by Gasteiger charge is 2.35. The Kier molecular flexibility index (Phi) is 6.15. The fourth-order valence-corrected chi connectivity index (χ4v) is 5.38. The molecule has 1 saturated carbocycles. The molecule has 0 bridgehead atoms. The van der Waals surface area contributed by atoms with Gasteiger partial charge in [0.25, 0.3) is 16.1 Å². The van der Waals surface area contributed by atoms with E-state index in [1.165, 1.54) is 15.0 Å². The van der Waals surface area contributed by atoms with Crippen LogP contribution in [-0.4, -0.2) is 67.1 Å². The van der Waals surface area contributed by atoms with E-state index in [1.807, 2.05) is 6.07 Å². The van der Waals surface area contributed by atoms with Crippen molar-refractivity contribution < 1.29 is 13.2 Å². The highest BCUT2D eigenvalue weighted by Crippen LogP contribution is 2.25. The van der Waals surface area contributed by atoms with E-state index < -0.39 is 10.2 Å². The zero-order valence-corrected chi connectivity index (χ0v) is 16.5. The van der Waals surface area contributed by atoms with Crippen LogP contribution in [0.4, 0.5) is 0 Å². The molecule has 0 radical (unpaired) electrons. The molecule has 1 aromatic carbocycles. The molecule has 0 unspecified atom stereocenters. The van der Waals surface area contributed by atoms with Gasteiger partial charge in [-0.05, 0) is 37.1 Å². The van der Waals surface area contributed by atoms with Crippen molar-refractivity contribution in [3.05, 3.63) is 35.4 Å². The number of piperazine rings is 1. The Bertz CT molecular complexity index is 802. The molecule has 0 aromatic heterocycles. The standard InChI is InChI=1S/C19H26N4O3S/c1-21(18-5-3-2-4-6-18)27(25,26)23-13-11-22(12-14-23)19(24)17-9-7-16(15-20)8-10-17/h7-10,18H,2-6,11-14H2,1H3. The van der Waals surface area contributed by atoms with Crippen LogP contribution in [0.25, 0.3) is 0 Å². The zero-order valence-electron chi connectivity index (χ0n) is 15.7. The molecule has 1 aliphatic heterocycles. The van der Waals surface area contributed by atoms with E-state index in [0.29, 0.717) is 37.3 Å². The van der Waals surface area contributed by atoms with E-state index in [1.54, 1.807) is 36.2 Å². The molecule has 1 saturated heterocycles. The fourth-order valence-electron chi connectivity index (χ4n) is 3.81. The van der Waals surface area contributed by atoms with E-state index in [4.69, 9.17) is 5.26 Å². The van der Waals surface area contributed by atoms with E-state index >= 15 is 0 Å². The summed E-state index contributed by atoms with van der Waals surface area (Å²) in [7, 11) is -1.81. The lowest BCUT2D eigenvalue weighted by atomic mass is 9.96. The molecule has 146 valence electrons. The molecule has 1 aromatic rings. The van der Waals surface area contributed by atoms with Crippen molar-refractivity contribution in [2.75, 3.05) is 33.2 Å². The van der Waals surface area contributed by atoms with Crippen molar-refractivity contribution in [1.29, 1.82) is 5.26 Å². The average molecular weight is 391 g/mol. The maximum Gasteiger partial charge on any atom is 0.282 e. The molecular weight excluding hydrogens is 364 g/mol. The summed E-state index contributed by atoms with van der Waals surface area (Å²) in [6.07, 6.45) is 5.19. The summed E-state index contributed by atoms with van der Waals surface area (Å²) >= 11 is 0. The molecule has 7 nitrogen and oxygen atoms in total. The van der Waals surface area contributed by atoms with E-state index in [9.17, 15) is 13.2 Å². The molecule has 0 N–H and O–H groups in total. The van der Waals surface area contributed by atoms with Crippen LogP contribution in [0.1, 0.15) is 48.0 Å². The lowest BCUT2D eigenvalue weighted by Crippen LogP contribution is -2.55. The van der Waals surface area contributed by atoms with Crippen LogP contribution in [0.3, 0.4) is 0 Å². The molecule has 3 rings (SSSR count). The maximum atomic E-state index is 12.9. The molecule has 0 atom stereocenters. The summed E-state index contributed by atoms with van der Waals surface area (Å²) in [5.41, 5.74) is 1.03. The quantitative estimate of drug-likeness (QED) is 0.785. The third-order valence-electron chi connectivity index (χ3n) is 5.57. The first-order valence-corrected chi connectivity index (χ1v) is 10.9. The van der Waals surface area contributed by atoms with Gasteiger partial charge >= 0.3 is 0 Å². The van der Waals surface area contributed by atoms with Gasteiger partial charge in [0, 0.05) is 44.8 Å². The third-order valence-corrected chi connectivity index (χ3v) is 7.61. The van der Waals surface area contributed by atoms with E-state index in [2.05, 4.69) is 0 Å². The minimum Gasteiger partial charge on any atom is -0.336 e. The first kappa shape index (κ1) is 19.8. The number of rotatable bonds is 4. The summed E-state index contributed by atoms with van der Waals surface area (Å²) in [4.78, 5) is 14.3. The molecular formula is C19H26N4O3S. The molecule has 1 heterocycles. The summed E-state index contributed by atoms with van der Waals surface area (Å²) in [6.45, 7) is 1.36. The number of benzene rings is 1. The van der Waals surface area contributed by atoms with Crippen molar-refractivity contribution >= 4 is 16.1 Å². The monoisotopic (exact) mass is 390 g/mol. The van der Waals surface area contributed by atoms with Gasteiger partial charge in [-0.1, -0.05) is 19.3 Å². The van der Waals surface area contributed by atoms with Crippen LogP contribution in [0.15, 0.2) is 24.3 Å². The predicted octanol–water partition coefficient (Wildman–Crippen LogP) is 1.83. The van der Waals surface area contributed by atoms with Gasteiger partial charge in [0.2, 0.25) is 0 Å². The van der Waals surface area contributed by atoms with Crippen LogP contribution in [0.2, 0.25) is 0 Å². The Morgan fingerprint density at radius 2 is 1.67 bits per heavy atom. The number of carbonyl (C=O) groups is 1. The molecule has 2 aliphatic rings. The minimum atomic E-state index is -3.49. The average Bonchev–Trinajstić information content (AvgIpc) is 2.73. The second kappa shape index (κ2) is 8.38. The van der Waals surface area contributed by atoms with Crippen molar-refractivity contribution in [1.82, 2.24) is 13.5 Å². The molecule has 1 aliphatic carbocycles. The van der Waals surface area contributed by atoms with Crippen molar-refractivity contribution in [2.24, 2.45) is 0 Å². The normalized spacial score (nSPS) is 19.8. The Hall–Kier alpha value is -1.95. The summed E-state index contributed by atoms with van der Waals surface area (Å²) in [5, 5.41) is 8.85. The van der Waals surface area contributed by atoms with Crippen LogP contribution >= 0.6 is 0 Å². The lowest BCUT2D eigenvalue weighted by molar-refractivity contribution is 0.0693. The van der Waals surface area contributed by atoms with Gasteiger partial charge in [-0.25, -0.2) is 0 Å². The molecule has 8 heteroatoms. The number of amides is 1. The predicted molar refractivity (Wildman–Crippen MR) is 102 cm³/mol. The van der Waals surface area contributed by atoms with E-state index in [-0.39, 0.29) is 11.9 Å². The molecule has 0 spiro atoms. The van der Waals surface area contributed by atoms with Crippen LogP contribution < -0.4 is 0 Å². The largest absolute Gasteiger partial charge is 0.336 e. The van der Waals surface area contributed by atoms with Gasteiger partial charge in [0.15, 0.2) is 0 Å². The second-order valence-electron chi connectivity index (χ2n) is 7.20. The fraction of sp³-hybridized carbons (Fsp3) is 0.579. The first-order chi connectivity index (χ1) is 12.9. The number of hydrogen-bond acceptors (Lipinski definition) is 4. The molecule has 27 heavy (non-hydrogen) atoms. The summed E-state index contributed by atoms with van der Waals surface area (Å²) in [5.74, 6) is -0.128. The van der Waals surface area contributed by atoms with Crippen molar-refractivity contribution in [3.63, 3.8) is 0 Å². The molecule has 2 fully saturated rings. The minimum absolute atomic E-state index is 0.0852. The Labute approximate surface area is 161 Å². The van der Waals surface area contributed by atoms with Gasteiger partial charge < -0.3 is 4.90 Å². The Balaban J connectivity index is 1.60. The van der Waals surface area contributed by atoms with E-state index in [0.717, 1.165) is 25.7 Å². The Morgan fingerprint density at radius 3 is 2.22 bits per heavy atom. The zero-order chi connectivity index (χ0) is 19.4. The topological polar surface area (TPSA) is 84.7 Å². The second-order valence-corrected chi connectivity index (χ2v) is 9.18. The smallest absolute Gasteiger partial charge is 0.282 e. The SMILES string of the molecule is CN(C1CCCCC1)S(=O)(=O)N1CCN(C(=O)c2ccc(C#N)cc2)CC1. The van der Waals surface area contributed by atoms with Gasteiger partial charge in [-0.15, -0.1) is 0 Å². The van der Waals surface area contributed by atoms with Gasteiger partial charge in [0.1, 0.15) is 0 Å². The Morgan fingerprint density at radius 1 is 1.07 bits per heavy atom. The van der Waals surface area contributed by atoms with Crippen LogP contribution in [0, 0.1) is 11.3 Å². The van der Waals surface area contributed by atoms with Crippen LogP contribution in [-0.2, 0) is 10.2 Å². The van der Waals surface area contributed by atoms with Gasteiger partial charge in [-0.2, -0.15) is 22.3 Å². The number of nitriles is 1. The number of nitrogens with zero attached hydrogens (tertiary/aromatic N) is 4. The van der Waals surface area contributed by atoms with Gasteiger partial charge in [0.05, 0.1) is 11.6 Å².